The average Bonchev–Trinajstić information content (AvgIpc) is 2.36. The molecular weight excluding hydrogens is 389 g/mol. The van der Waals surface area contributed by atoms with E-state index in [0.717, 1.165) is 12.1 Å². The highest BCUT2D eigenvalue weighted by Gasteiger charge is 2.19. The molecule has 0 spiro atoms. The highest BCUT2D eigenvalue weighted by Crippen LogP contribution is 2.31. The molecule has 0 N–H and O–H groups in total. The third-order valence-corrected chi connectivity index (χ3v) is 4.50. The van der Waals surface area contributed by atoms with E-state index in [0.29, 0.717) is 12.8 Å². The average molecular weight is 403 g/mol. The third-order valence-electron chi connectivity index (χ3n) is 2.54. The molecule has 1 aromatic rings. The molecular formula is C12H14BrClFNO4S. The van der Waals surface area contributed by atoms with Gasteiger partial charge in [0, 0.05) is 37.3 Å². The molecule has 0 aliphatic rings. The molecule has 0 radical (unpaired) electrons. The molecule has 1 amide bonds. The van der Waals surface area contributed by atoms with Crippen molar-refractivity contribution in [1.29, 1.82) is 0 Å². The lowest BCUT2D eigenvalue weighted by atomic mass is 10.3. The first-order chi connectivity index (χ1) is 9.62. The van der Waals surface area contributed by atoms with Crippen LogP contribution in [0.4, 0.5) is 4.39 Å². The van der Waals surface area contributed by atoms with Gasteiger partial charge in [-0.25, -0.2) is 12.8 Å². The molecule has 0 heterocycles. The Balaban J connectivity index is 2.70. The van der Waals surface area contributed by atoms with Gasteiger partial charge < -0.3 is 9.64 Å². The fraction of sp³-hybridized carbons (Fsp3) is 0.417. The topological polar surface area (TPSA) is 63.7 Å². The Morgan fingerprint density at radius 1 is 1.43 bits per heavy atom. The van der Waals surface area contributed by atoms with Gasteiger partial charge in [0.1, 0.15) is 16.5 Å². The van der Waals surface area contributed by atoms with Gasteiger partial charge in [-0.2, -0.15) is 0 Å². The van der Waals surface area contributed by atoms with Crippen LogP contribution < -0.4 is 4.74 Å². The van der Waals surface area contributed by atoms with Crippen molar-refractivity contribution < 1.29 is 22.3 Å². The fourth-order valence-electron chi connectivity index (χ4n) is 1.44. The van der Waals surface area contributed by atoms with Gasteiger partial charge in [-0.05, 0) is 28.4 Å². The zero-order chi connectivity index (χ0) is 16.2. The minimum atomic E-state index is -4.16. The summed E-state index contributed by atoms with van der Waals surface area (Å²) < 4.78 is 41.5. The Kier molecular flexibility index (Phi) is 6.42. The zero-order valence-corrected chi connectivity index (χ0v) is 14.6. The number of rotatable bonds is 6. The van der Waals surface area contributed by atoms with Gasteiger partial charge in [-0.1, -0.05) is 0 Å². The minimum Gasteiger partial charge on any atom is -0.492 e. The molecule has 0 atom stereocenters. The van der Waals surface area contributed by atoms with Crippen molar-refractivity contribution in [3.05, 3.63) is 22.4 Å². The van der Waals surface area contributed by atoms with E-state index in [1.54, 1.807) is 14.1 Å². The van der Waals surface area contributed by atoms with Gasteiger partial charge in [-0.3, -0.25) is 4.79 Å². The first-order valence-corrected chi connectivity index (χ1v) is 9.00. The first-order valence-electron chi connectivity index (χ1n) is 5.89. The van der Waals surface area contributed by atoms with Gasteiger partial charge in [0.05, 0.1) is 11.1 Å². The van der Waals surface area contributed by atoms with Crippen molar-refractivity contribution in [3.63, 3.8) is 0 Å². The Bertz CT molecular complexity index is 636. The Labute approximate surface area is 135 Å². The molecule has 5 nitrogen and oxygen atoms in total. The van der Waals surface area contributed by atoms with Crippen LogP contribution in [-0.4, -0.2) is 39.9 Å². The van der Waals surface area contributed by atoms with Crippen LogP contribution in [0, 0.1) is 5.82 Å². The van der Waals surface area contributed by atoms with E-state index in [-0.39, 0.29) is 22.7 Å². The number of amides is 1. The van der Waals surface area contributed by atoms with Crippen molar-refractivity contribution in [1.82, 2.24) is 4.90 Å². The summed E-state index contributed by atoms with van der Waals surface area (Å²) in [6.45, 7) is 0.199. The Morgan fingerprint density at radius 3 is 2.57 bits per heavy atom. The second-order valence-corrected chi connectivity index (χ2v) is 7.78. The molecule has 9 heteroatoms. The number of carbonyl (C=O) groups is 1. The number of halogens is 3. The zero-order valence-electron chi connectivity index (χ0n) is 11.4. The summed E-state index contributed by atoms with van der Waals surface area (Å²) in [7, 11) is 4.26. The molecule has 0 bridgehead atoms. The smallest absolute Gasteiger partial charge is 0.264 e. The number of hydrogen-bond donors (Lipinski definition) is 0. The molecule has 0 aromatic heterocycles. The number of ether oxygens (including phenoxy) is 1. The van der Waals surface area contributed by atoms with E-state index in [1.165, 1.54) is 4.90 Å². The highest BCUT2D eigenvalue weighted by atomic mass is 79.9. The molecule has 0 saturated carbocycles. The lowest BCUT2D eigenvalue weighted by Gasteiger charge is -2.12. The summed E-state index contributed by atoms with van der Waals surface area (Å²) in [5.41, 5.74) is 0. The minimum absolute atomic E-state index is 0.0348. The van der Waals surface area contributed by atoms with Crippen LogP contribution in [0.3, 0.4) is 0 Å². The second kappa shape index (κ2) is 7.42. The summed E-state index contributed by atoms with van der Waals surface area (Å²) in [5.74, 6) is -0.881. The van der Waals surface area contributed by atoms with Crippen LogP contribution in [0.5, 0.6) is 5.75 Å². The van der Waals surface area contributed by atoms with Crippen LogP contribution in [0.2, 0.25) is 0 Å². The van der Waals surface area contributed by atoms with Crippen LogP contribution in [0.15, 0.2) is 21.5 Å². The van der Waals surface area contributed by atoms with Gasteiger partial charge in [0.25, 0.3) is 9.05 Å². The van der Waals surface area contributed by atoms with Crippen molar-refractivity contribution in [2.45, 2.75) is 17.7 Å². The van der Waals surface area contributed by atoms with E-state index in [9.17, 15) is 17.6 Å². The van der Waals surface area contributed by atoms with Gasteiger partial charge in [0.2, 0.25) is 5.91 Å². The summed E-state index contributed by atoms with van der Waals surface area (Å²) in [4.78, 5) is 12.2. The maximum atomic E-state index is 13.6. The normalized spacial score (nSPS) is 11.3. The van der Waals surface area contributed by atoms with Crippen LogP contribution in [0.1, 0.15) is 12.8 Å². The summed E-state index contributed by atoms with van der Waals surface area (Å²) in [6.07, 6.45) is 0.766. The summed E-state index contributed by atoms with van der Waals surface area (Å²) >= 11 is 3.09. The molecule has 1 aromatic carbocycles. The number of carbonyl (C=O) groups excluding carboxylic acids is 1. The van der Waals surface area contributed by atoms with Gasteiger partial charge in [0.15, 0.2) is 0 Å². The van der Waals surface area contributed by atoms with Crippen LogP contribution in [0.25, 0.3) is 0 Å². The quantitative estimate of drug-likeness (QED) is 0.542. The lowest BCUT2D eigenvalue weighted by Crippen LogP contribution is -2.21. The molecule has 0 aliphatic heterocycles. The van der Waals surface area contributed by atoms with Crippen molar-refractivity contribution in [2.75, 3.05) is 20.7 Å². The van der Waals surface area contributed by atoms with Crippen LogP contribution >= 0.6 is 26.6 Å². The fourth-order valence-corrected chi connectivity index (χ4v) is 2.95. The second-order valence-electron chi connectivity index (χ2n) is 4.39. The SMILES string of the molecule is CN(C)C(=O)CCCOc1cc(F)c(S(=O)(=O)Cl)cc1Br. The number of benzene rings is 1. The van der Waals surface area contributed by atoms with Crippen molar-refractivity contribution in [3.8, 4) is 5.75 Å². The number of nitrogens with zero attached hydrogens (tertiary/aromatic N) is 1. The van der Waals surface area contributed by atoms with Gasteiger partial charge in [-0.15, -0.1) is 0 Å². The van der Waals surface area contributed by atoms with E-state index >= 15 is 0 Å². The summed E-state index contributed by atoms with van der Waals surface area (Å²) in [6, 6.07) is 1.98. The highest BCUT2D eigenvalue weighted by molar-refractivity contribution is 9.10. The van der Waals surface area contributed by atoms with E-state index < -0.39 is 19.8 Å². The predicted molar refractivity (Wildman–Crippen MR) is 80.6 cm³/mol. The lowest BCUT2D eigenvalue weighted by molar-refractivity contribution is -0.128. The predicted octanol–water partition coefficient (Wildman–Crippen LogP) is 2.76. The molecule has 118 valence electrons. The molecule has 0 saturated heterocycles. The van der Waals surface area contributed by atoms with Crippen molar-refractivity contribution >= 4 is 41.6 Å². The van der Waals surface area contributed by atoms with E-state index in [4.69, 9.17) is 15.4 Å². The monoisotopic (exact) mass is 401 g/mol. The molecule has 0 aliphatic carbocycles. The molecule has 21 heavy (non-hydrogen) atoms. The first kappa shape index (κ1) is 18.2. The molecule has 0 fully saturated rings. The summed E-state index contributed by atoms with van der Waals surface area (Å²) in [5, 5.41) is 0. The maximum Gasteiger partial charge on any atom is 0.264 e. The Morgan fingerprint density at radius 2 is 2.05 bits per heavy atom. The van der Waals surface area contributed by atoms with Crippen LogP contribution in [-0.2, 0) is 13.8 Å². The molecule has 0 unspecified atom stereocenters. The maximum absolute atomic E-state index is 13.6. The largest absolute Gasteiger partial charge is 0.492 e. The van der Waals surface area contributed by atoms with Crippen molar-refractivity contribution in [2.24, 2.45) is 0 Å². The Hall–Kier alpha value is -0.860. The van der Waals surface area contributed by atoms with Gasteiger partial charge >= 0.3 is 0 Å². The standard InChI is InChI=1S/C12H14BrClFNO4S/c1-16(2)12(17)4-3-5-20-10-7-9(15)11(6-8(10)13)21(14,18)19/h6-7H,3-5H2,1-2H3. The third kappa shape index (κ3) is 5.44. The van der Waals surface area contributed by atoms with E-state index in [1.807, 2.05) is 0 Å². The molecule has 1 rings (SSSR count). The van der Waals surface area contributed by atoms with E-state index in [2.05, 4.69) is 15.9 Å². The number of hydrogen-bond acceptors (Lipinski definition) is 4.